The van der Waals surface area contributed by atoms with E-state index in [0.717, 1.165) is 49.0 Å². The predicted octanol–water partition coefficient (Wildman–Crippen LogP) is 3.78. The fraction of sp³-hybridized carbons (Fsp3) is 0.368. The maximum atomic E-state index is 6.23. The minimum Gasteiger partial charge on any atom is -0.379 e. The molecule has 1 aliphatic rings. The number of hydrogen-bond donors (Lipinski definition) is 0. The molecule has 0 bridgehead atoms. The molecule has 3 nitrogen and oxygen atoms in total. The summed E-state index contributed by atoms with van der Waals surface area (Å²) in [4.78, 5) is 2.38. The zero-order valence-electron chi connectivity index (χ0n) is 13.2. The van der Waals surface area contributed by atoms with Gasteiger partial charge >= 0.3 is 0 Å². The van der Waals surface area contributed by atoms with Gasteiger partial charge in [-0.1, -0.05) is 54.1 Å². The molecule has 0 unspecified atom stereocenters. The van der Waals surface area contributed by atoms with Crippen LogP contribution in [0.5, 0.6) is 0 Å². The smallest absolute Gasteiger partial charge is 0.108 e. The summed E-state index contributed by atoms with van der Waals surface area (Å²) in [5.74, 6) is 0. The highest BCUT2D eigenvalue weighted by atomic mass is 35.5. The molecule has 2 aromatic carbocycles. The van der Waals surface area contributed by atoms with Crippen molar-refractivity contribution in [3.8, 4) is 0 Å². The lowest BCUT2D eigenvalue weighted by molar-refractivity contribution is 0.00968. The van der Waals surface area contributed by atoms with E-state index < -0.39 is 0 Å². The summed E-state index contributed by atoms with van der Waals surface area (Å²) in [5, 5.41) is 0.744. The monoisotopic (exact) mass is 331 g/mol. The van der Waals surface area contributed by atoms with Gasteiger partial charge in [0.25, 0.3) is 0 Å². The van der Waals surface area contributed by atoms with E-state index in [1.165, 1.54) is 0 Å². The van der Waals surface area contributed by atoms with Crippen LogP contribution in [0.2, 0.25) is 5.02 Å². The van der Waals surface area contributed by atoms with Crippen LogP contribution in [0.4, 0.5) is 0 Å². The van der Waals surface area contributed by atoms with Crippen molar-refractivity contribution in [3.05, 3.63) is 70.7 Å². The first-order valence-corrected chi connectivity index (χ1v) is 8.43. The Morgan fingerprint density at radius 3 is 2.30 bits per heavy atom. The Labute approximate surface area is 142 Å². The minimum absolute atomic E-state index is 0.0606. The van der Waals surface area contributed by atoms with Gasteiger partial charge in [-0.05, 0) is 23.3 Å². The number of ether oxygens (including phenoxy) is 2. The molecule has 0 N–H and O–H groups in total. The third-order valence-electron chi connectivity index (χ3n) is 4.07. The van der Waals surface area contributed by atoms with Crippen molar-refractivity contribution in [1.29, 1.82) is 0 Å². The molecule has 1 aliphatic heterocycles. The Kier molecular flexibility index (Phi) is 6.06. The molecule has 23 heavy (non-hydrogen) atoms. The summed E-state index contributed by atoms with van der Waals surface area (Å²) < 4.78 is 11.6. The molecule has 2 aromatic rings. The Bertz CT molecular complexity index is 582. The summed E-state index contributed by atoms with van der Waals surface area (Å²) in [6.45, 7) is 5.24. The summed E-state index contributed by atoms with van der Waals surface area (Å²) in [6.07, 6.45) is -0.0606. The van der Waals surface area contributed by atoms with Crippen molar-refractivity contribution in [2.75, 3.05) is 39.5 Å². The quantitative estimate of drug-likeness (QED) is 0.804. The summed E-state index contributed by atoms with van der Waals surface area (Å²) in [6, 6.07) is 18.2. The largest absolute Gasteiger partial charge is 0.379 e. The molecule has 1 atom stereocenters. The standard InChI is InChI=1S/C19H22ClNO2/c20-18-8-6-17(7-9-18)19(16-4-2-1-3-5-16)23-15-12-21-10-13-22-14-11-21/h1-9,19H,10-15H2/t19-/m0/s1. The molecule has 0 aliphatic carbocycles. The van der Waals surface area contributed by atoms with Gasteiger partial charge in [-0.2, -0.15) is 0 Å². The third kappa shape index (κ3) is 4.79. The number of hydrogen-bond acceptors (Lipinski definition) is 3. The fourth-order valence-corrected chi connectivity index (χ4v) is 2.90. The van der Waals surface area contributed by atoms with E-state index in [9.17, 15) is 0 Å². The molecule has 3 rings (SSSR count). The summed E-state index contributed by atoms with van der Waals surface area (Å²) in [5.41, 5.74) is 2.29. The van der Waals surface area contributed by atoms with Crippen LogP contribution in [-0.2, 0) is 9.47 Å². The lowest BCUT2D eigenvalue weighted by atomic mass is 10.0. The second-order valence-corrected chi connectivity index (χ2v) is 6.10. The van der Waals surface area contributed by atoms with E-state index in [1.807, 2.05) is 42.5 Å². The van der Waals surface area contributed by atoms with Crippen LogP contribution >= 0.6 is 11.6 Å². The van der Waals surface area contributed by atoms with E-state index in [2.05, 4.69) is 17.0 Å². The first-order valence-electron chi connectivity index (χ1n) is 8.05. The fourth-order valence-electron chi connectivity index (χ4n) is 2.77. The van der Waals surface area contributed by atoms with Crippen LogP contribution in [0.25, 0.3) is 0 Å². The lowest BCUT2D eigenvalue weighted by Crippen LogP contribution is -2.38. The number of morpholine rings is 1. The second kappa shape index (κ2) is 8.46. The third-order valence-corrected chi connectivity index (χ3v) is 4.32. The van der Waals surface area contributed by atoms with Crippen molar-refractivity contribution < 1.29 is 9.47 Å². The number of halogens is 1. The molecule has 4 heteroatoms. The predicted molar refractivity (Wildman–Crippen MR) is 92.9 cm³/mol. The first kappa shape index (κ1) is 16.5. The van der Waals surface area contributed by atoms with Crippen molar-refractivity contribution in [2.24, 2.45) is 0 Å². The molecule has 0 saturated carbocycles. The zero-order chi connectivity index (χ0) is 15.9. The van der Waals surface area contributed by atoms with Gasteiger partial charge in [0.05, 0.1) is 19.8 Å². The van der Waals surface area contributed by atoms with Gasteiger partial charge < -0.3 is 9.47 Å². The molecule has 1 fully saturated rings. The molecule has 1 heterocycles. The zero-order valence-corrected chi connectivity index (χ0v) is 13.9. The molecule has 0 spiro atoms. The van der Waals surface area contributed by atoms with Crippen LogP contribution in [0.15, 0.2) is 54.6 Å². The number of benzene rings is 2. The van der Waals surface area contributed by atoms with E-state index in [1.54, 1.807) is 0 Å². The summed E-state index contributed by atoms with van der Waals surface area (Å²) in [7, 11) is 0. The summed E-state index contributed by atoms with van der Waals surface area (Å²) >= 11 is 6.01. The maximum Gasteiger partial charge on any atom is 0.108 e. The Balaban J connectivity index is 1.66. The van der Waals surface area contributed by atoms with Crippen LogP contribution in [-0.4, -0.2) is 44.4 Å². The van der Waals surface area contributed by atoms with Gasteiger partial charge in [0, 0.05) is 24.7 Å². The molecular weight excluding hydrogens is 310 g/mol. The second-order valence-electron chi connectivity index (χ2n) is 5.67. The highest BCUT2D eigenvalue weighted by Gasteiger charge is 2.16. The highest BCUT2D eigenvalue weighted by molar-refractivity contribution is 6.30. The van der Waals surface area contributed by atoms with Gasteiger partial charge in [-0.25, -0.2) is 0 Å². The van der Waals surface area contributed by atoms with Crippen LogP contribution in [0.1, 0.15) is 17.2 Å². The van der Waals surface area contributed by atoms with Crippen LogP contribution in [0, 0.1) is 0 Å². The topological polar surface area (TPSA) is 21.7 Å². The average molecular weight is 332 g/mol. The normalized spacial score (nSPS) is 17.1. The average Bonchev–Trinajstić information content (AvgIpc) is 2.61. The molecule has 122 valence electrons. The van der Waals surface area contributed by atoms with Gasteiger partial charge in [0.15, 0.2) is 0 Å². The molecule has 0 radical (unpaired) electrons. The van der Waals surface area contributed by atoms with E-state index in [4.69, 9.17) is 21.1 Å². The van der Waals surface area contributed by atoms with Gasteiger partial charge in [-0.15, -0.1) is 0 Å². The van der Waals surface area contributed by atoms with E-state index in [-0.39, 0.29) is 6.10 Å². The van der Waals surface area contributed by atoms with E-state index in [0.29, 0.717) is 6.61 Å². The maximum absolute atomic E-state index is 6.23. The van der Waals surface area contributed by atoms with Gasteiger partial charge in [0.2, 0.25) is 0 Å². The Morgan fingerprint density at radius 2 is 1.61 bits per heavy atom. The lowest BCUT2D eigenvalue weighted by Gasteiger charge is -2.27. The van der Waals surface area contributed by atoms with Crippen molar-refractivity contribution in [2.45, 2.75) is 6.10 Å². The minimum atomic E-state index is -0.0606. The Morgan fingerprint density at radius 1 is 0.957 bits per heavy atom. The van der Waals surface area contributed by atoms with Crippen LogP contribution < -0.4 is 0 Å². The molecule has 1 saturated heterocycles. The molecular formula is C19H22ClNO2. The number of nitrogens with zero attached hydrogens (tertiary/aromatic N) is 1. The van der Waals surface area contributed by atoms with Gasteiger partial charge in [-0.3, -0.25) is 4.90 Å². The molecule has 0 amide bonds. The number of rotatable bonds is 6. The SMILES string of the molecule is Clc1ccc([C@@H](OCCN2CCOCC2)c2ccccc2)cc1. The van der Waals surface area contributed by atoms with E-state index >= 15 is 0 Å². The van der Waals surface area contributed by atoms with Gasteiger partial charge in [0.1, 0.15) is 6.10 Å². The van der Waals surface area contributed by atoms with Crippen molar-refractivity contribution in [3.63, 3.8) is 0 Å². The highest BCUT2D eigenvalue weighted by Crippen LogP contribution is 2.27. The Hall–Kier alpha value is -1.39. The van der Waals surface area contributed by atoms with Crippen molar-refractivity contribution >= 4 is 11.6 Å². The first-order chi connectivity index (χ1) is 11.3. The van der Waals surface area contributed by atoms with Crippen LogP contribution in [0.3, 0.4) is 0 Å². The van der Waals surface area contributed by atoms with Crippen molar-refractivity contribution in [1.82, 2.24) is 4.90 Å². The molecule has 0 aromatic heterocycles.